The van der Waals surface area contributed by atoms with Crippen molar-refractivity contribution in [3.8, 4) is 5.75 Å². The Morgan fingerprint density at radius 2 is 1.85 bits per heavy atom. The van der Waals surface area contributed by atoms with Crippen LogP contribution in [0.2, 0.25) is 0 Å². The number of rotatable bonds is 4. The van der Waals surface area contributed by atoms with Gasteiger partial charge in [0.2, 0.25) is 0 Å². The lowest BCUT2D eigenvalue weighted by atomic mass is 9.76. The summed E-state index contributed by atoms with van der Waals surface area (Å²) in [5.41, 5.74) is -4.03. The van der Waals surface area contributed by atoms with E-state index in [-0.39, 0.29) is 5.56 Å². The summed E-state index contributed by atoms with van der Waals surface area (Å²) >= 11 is 0. The molecular formula is C17H18F6O4. The fourth-order valence-corrected chi connectivity index (χ4v) is 3.40. The highest BCUT2D eigenvalue weighted by Crippen LogP contribution is 2.55. The van der Waals surface area contributed by atoms with Crippen molar-refractivity contribution in [2.24, 2.45) is 5.92 Å². The van der Waals surface area contributed by atoms with E-state index in [1.807, 2.05) is 0 Å². The minimum atomic E-state index is -4.85. The van der Waals surface area contributed by atoms with E-state index in [2.05, 4.69) is 4.74 Å². The van der Waals surface area contributed by atoms with Crippen LogP contribution in [0.4, 0.5) is 26.3 Å². The summed E-state index contributed by atoms with van der Waals surface area (Å²) in [7, 11) is 1.95. The second-order valence-corrected chi connectivity index (χ2v) is 6.37. The van der Waals surface area contributed by atoms with Gasteiger partial charge in [-0.1, -0.05) is 13.0 Å². The van der Waals surface area contributed by atoms with Crippen molar-refractivity contribution in [1.29, 1.82) is 0 Å². The molecule has 0 saturated carbocycles. The third-order valence-corrected chi connectivity index (χ3v) is 5.06. The highest BCUT2D eigenvalue weighted by Gasteiger charge is 2.66. The normalized spacial score (nSPS) is 28.5. The highest BCUT2D eigenvalue weighted by atomic mass is 19.4. The van der Waals surface area contributed by atoms with E-state index in [0.29, 0.717) is 6.07 Å². The van der Waals surface area contributed by atoms with Gasteiger partial charge in [0.15, 0.2) is 11.7 Å². The zero-order chi connectivity index (χ0) is 20.7. The molecule has 0 amide bonds. The number of ether oxygens (including phenoxy) is 3. The molecule has 0 aliphatic carbocycles. The molecule has 0 aromatic heterocycles. The molecule has 4 atom stereocenters. The van der Waals surface area contributed by atoms with Crippen LogP contribution in [0.25, 0.3) is 0 Å². The van der Waals surface area contributed by atoms with Crippen LogP contribution in [-0.4, -0.2) is 38.1 Å². The van der Waals surface area contributed by atoms with Crippen LogP contribution in [0.1, 0.15) is 37.3 Å². The van der Waals surface area contributed by atoms with Crippen LogP contribution in [0, 0.1) is 11.7 Å². The molecule has 0 spiro atoms. The minimum absolute atomic E-state index is 0.190. The predicted octanol–water partition coefficient (Wildman–Crippen LogP) is 4.38. The van der Waals surface area contributed by atoms with Crippen molar-refractivity contribution in [2.45, 2.75) is 44.1 Å². The van der Waals surface area contributed by atoms with Crippen molar-refractivity contribution in [1.82, 2.24) is 0 Å². The van der Waals surface area contributed by atoms with E-state index in [9.17, 15) is 31.1 Å². The first-order valence-corrected chi connectivity index (χ1v) is 7.87. The standard InChI is InChI=1S/C17H18F6O4/c1-7-10(8-5-6-9(18)11(14(19)20)12(8)25-3)13(15(24)26-4)27-16(7,2)17(21,22)23/h5-7,10,13-14H,1-4H3. The molecule has 4 nitrogen and oxygen atoms in total. The number of carbonyl (C=O) groups is 1. The first-order chi connectivity index (χ1) is 12.4. The van der Waals surface area contributed by atoms with Gasteiger partial charge in [-0.15, -0.1) is 0 Å². The molecule has 27 heavy (non-hydrogen) atoms. The number of esters is 1. The Bertz CT molecular complexity index is 720. The van der Waals surface area contributed by atoms with Crippen molar-refractivity contribution in [3.63, 3.8) is 0 Å². The zero-order valence-corrected chi connectivity index (χ0v) is 14.9. The summed E-state index contributed by atoms with van der Waals surface area (Å²) in [6, 6.07) is 1.71. The first-order valence-electron chi connectivity index (χ1n) is 7.87. The molecule has 1 fully saturated rings. The average molecular weight is 400 g/mol. The van der Waals surface area contributed by atoms with Gasteiger partial charge in [0.05, 0.1) is 19.8 Å². The van der Waals surface area contributed by atoms with Gasteiger partial charge in [0.25, 0.3) is 6.43 Å². The van der Waals surface area contributed by atoms with E-state index < -0.39 is 59.2 Å². The highest BCUT2D eigenvalue weighted by molar-refractivity contribution is 5.77. The third-order valence-electron chi connectivity index (χ3n) is 5.06. The molecular weight excluding hydrogens is 382 g/mol. The van der Waals surface area contributed by atoms with Crippen LogP contribution < -0.4 is 4.74 Å². The quantitative estimate of drug-likeness (QED) is 0.556. The van der Waals surface area contributed by atoms with Gasteiger partial charge in [-0.2, -0.15) is 13.2 Å². The summed E-state index contributed by atoms with van der Waals surface area (Å²) in [6.45, 7) is 1.93. The molecule has 0 N–H and O–H groups in total. The lowest BCUT2D eigenvalue weighted by Crippen LogP contribution is -2.47. The number of hydrogen-bond donors (Lipinski definition) is 0. The first kappa shape index (κ1) is 21.3. The summed E-state index contributed by atoms with van der Waals surface area (Å²) in [5, 5.41) is 0. The second-order valence-electron chi connectivity index (χ2n) is 6.37. The van der Waals surface area contributed by atoms with Gasteiger partial charge in [-0.05, 0) is 13.0 Å². The van der Waals surface area contributed by atoms with E-state index in [4.69, 9.17) is 9.47 Å². The predicted molar refractivity (Wildman–Crippen MR) is 81.2 cm³/mol. The summed E-state index contributed by atoms with van der Waals surface area (Å²) in [5.74, 6) is -5.73. The summed E-state index contributed by atoms with van der Waals surface area (Å²) in [6.07, 6.45) is -9.86. The number of halogens is 6. The molecule has 0 radical (unpaired) electrons. The van der Waals surface area contributed by atoms with Crippen LogP contribution in [-0.2, 0) is 14.3 Å². The molecule has 2 rings (SSSR count). The van der Waals surface area contributed by atoms with Crippen LogP contribution in [0.3, 0.4) is 0 Å². The molecule has 1 aliphatic heterocycles. The van der Waals surface area contributed by atoms with E-state index in [1.54, 1.807) is 0 Å². The molecule has 1 aromatic carbocycles. The molecule has 152 valence electrons. The third kappa shape index (κ3) is 3.35. The second kappa shape index (κ2) is 7.21. The maximum atomic E-state index is 13.9. The molecule has 0 bridgehead atoms. The number of methoxy groups -OCH3 is 2. The Morgan fingerprint density at radius 1 is 1.26 bits per heavy atom. The van der Waals surface area contributed by atoms with Crippen molar-refractivity contribution in [3.05, 3.63) is 29.1 Å². The zero-order valence-electron chi connectivity index (χ0n) is 14.9. The summed E-state index contributed by atoms with van der Waals surface area (Å²) in [4.78, 5) is 12.1. The van der Waals surface area contributed by atoms with Crippen LogP contribution >= 0.6 is 0 Å². The smallest absolute Gasteiger partial charge is 0.417 e. The Hall–Kier alpha value is -1.97. The van der Waals surface area contributed by atoms with E-state index in [0.717, 1.165) is 27.2 Å². The largest absolute Gasteiger partial charge is 0.496 e. The SMILES string of the molecule is COC(=O)C1OC(C)(C(F)(F)F)C(C)C1c1ccc(F)c(C(F)F)c1OC. The Morgan fingerprint density at radius 3 is 2.30 bits per heavy atom. The molecule has 10 heteroatoms. The van der Waals surface area contributed by atoms with Crippen molar-refractivity contribution >= 4 is 5.97 Å². The van der Waals surface area contributed by atoms with E-state index >= 15 is 0 Å². The number of carbonyl (C=O) groups excluding carboxylic acids is 1. The van der Waals surface area contributed by atoms with Crippen molar-refractivity contribution < 1.29 is 45.3 Å². The molecule has 1 heterocycles. The van der Waals surface area contributed by atoms with Crippen molar-refractivity contribution in [2.75, 3.05) is 14.2 Å². The fourth-order valence-electron chi connectivity index (χ4n) is 3.40. The molecule has 1 aliphatic rings. The lowest BCUT2D eigenvalue weighted by molar-refractivity contribution is -0.274. The molecule has 1 aromatic rings. The van der Waals surface area contributed by atoms with Gasteiger partial charge >= 0.3 is 12.1 Å². The van der Waals surface area contributed by atoms with Gasteiger partial charge in [-0.3, -0.25) is 0 Å². The Labute approximate surface area is 151 Å². The molecule has 4 unspecified atom stereocenters. The maximum Gasteiger partial charge on any atom is 0.417 e. The number of alkyl halides is 5. The number of hydrogen-bond acceptors (Lipinski definition) is 4. The molecule has 1 saturated heterocycles. The minimum Gasteiger partial charge on any atom is -0.496 e. The van der Waals surface area contributed by atoms with Gasteiger partial charge in [-0.25, -0.2) is 18.0 Å². The Kier molecular flexibility index (Phi) is 5.70. The summed E-state index contributed by atoms with van der Waals surface area (Å²) < 4.78 is 95.6. The van der Waals surface area contributed by atoms with Crippen LogP contribution in [0.5, 0.6) is 5.75 Å². The topological polar surface area (TPSA) is 44.8 Å². The fraction of sp³-hybridized carbons (Fsp3) is 0.588. The van der Waals surface area contributed by atoms with Crippen LogP contribution in [0.15, 0.2) is 12.1 Å². The van der Waals surface area contributed by atoms with E-state index in [1.165, 1.54) is 6.92 Å². The van der Waals surface area contributed by atoms with Gasteiger partial charge in [0.1, 0.15) is 11.6 Å². The van der Waals surface area contributed by atoms with Gasteiger partial charge in [0, 0.05) is 17.4 Å². The Balaban J connectivity index is 2.70. The lowest BCUT2D eigenvalue weighted by Gasteiger charge is -2.32. The van der Waals surface area contributed by atoms with Gasteiger partial charge < -0.3 is 14.2 Å². The average Bonchev–Trinajstić information content (AvgIpc) is 2.86. The monoisotopic (exact) mass is 400 g/mol. The maximum absolute atomic E-state index is 13.9. The number of benzene rings is 1.